The quantitative estimate of drug-likeness (QED) is 0.715. The maximum absolute atomic E-state index is 4.39. The van der Waals surface area contributed by atoms with E-state index < -0.39 is 0 Å². The predicted octanol–water partition coefficient (Wildman–Crippen LogP) is 2.29. The summed E-state index contributed by atoms with van der Waals surface area (Å²) in [5, 5.41) is 2.08. The van der Waals surface area contributed by atoms with Crippen molar-refractivity contribution in [2.75, 3.05) is 18.0 Å². The zero-order chi connectivity index (χ0) is 9.38. The molecule has 72 valence electrons. The smallest absolute Gasteiger partial charge is 0.150 e. The third-order valence-electron chi connectivity index (χ3n) is 2.63. The maximum atomic E-state index is 4.39. The van der Waals surface area contributed by atoms with Crippen LogP contribution in [0.5, 0.6) is 0 Å². The summed E-state index contributed by atoms with van der Waals surface area (Å²) in [5.74, 6) is 1.13. The molecule has 0 aliphatic carbocycles. The van der Waals surface area contributed by atoms with E-state index in [1.807, 2.05) is 0 Å². The standard InChI is InChI=1S/C10H11N3S/c1-2-5-13(4-1)10-9-8(3-6-14-9)11-7-12-10/h3,6-7H,1-2,4-5H2. The number of hydrogen-bond acceptors (Lipinski definition) is 4. The van der Waals surface area contributed by atoms with Gasteiger partial charge in [0.2, 0.25) is 0 Å². The lowest BCUT2D eigenvalue weighted by Crippen LogP contribution is -2.18. The highest BCUT2D eigenvalue weighted by molar-refractivity contribution is 7.17. The molecule has 14 heavy (non-hydrogen) atoms. The Morgan fingerprint density at radius 2 is 2.07 bits per heavy atom. The predicted molar refractivity (Wildman–Crippen MR) is 58.9 cm³/mol. The van der Waals surface area contributed by atoms with Gasteiger partial charge in [0.05, 0.1) is 10.2 Å². The van der Waals surface area contributed by atoms with E-state index in [1.54, 1.807) is 17.7 Å². The van der Waals surface area contributed by atoms with Crippen molar-refractivity contribution >= 4 is 27.4 Å². The zero-order valence-electron chi connectivity index (χ0n) is 7.81. The van der Waals surface area contributed by atoms with Crippen molar-refractivity contribution in [2.24, 2.45) is 0 Å². The third-order valence-corrected chi connectivity index (χ3v) is 3.53. The molecule has 0 bridgehead atoms. The first-order chi connectivity index (χ1) is 6.95. The molecule has 0 saturated carbocycles. The Morgan fingerprint density at radius 1 is 1.21 bits per heavy atom. The number of thiophene rings is 1. The molecule has 2 aromatic heterocycles. The van der Waals surface area contributed by atoms with Gasteiger partial charge in [0.1, 0.15) is 12.1 Å². The van der Waals surface area contributed by atoms with Gasteiger partial charge in [0.15, 0.2) is 0 Å². The van der Waals surface area contributed by atoms with Gasteiger partial charge in [-0.05, 0) is 24.3 Å². The van der Waals surface area contributed by atoms with E-state index >= 15 is 0 Å². The van der Waals surface area contributed by atoms with Crippen LogP contribution in [0.25, 0.3) is 10.2 Å². The highest BCUT2D eigenvalue weighted by Crippen LogP contribution is 2.29. The zero-order valence-corrected chi connectivity index (χ0v) is 8.63. The molecule has 0 spiro atoms. The molecule has 3 rings (SSSR count). The minimum Gasteiger partial charge on any atom is -0.355 e. The van der Waals surface area contributed by atoms with E-state index in [9.17, 15) is 0 Å². The van der Waals surface area contributed by atoms with E-state index in [0.29, 0.717) is 0 Å². The minimum atomic E-state index is 1.08. The van der Waals surface area contributed by atoms with E-state index in [2.05, 4.69) is 26.3 Å². The average Bonchev–Trinajstić information content (AvgIpc) is 2.88. The van der Waals surface area contributed by atoms with Crippen molar-refractivity contribution < 1.29 is 0 Å². The fraction of sp³-hybridized carbons (Fsp3) is 0.400. The molecule has 3 nitrogen and oxygen atoms in total. The summed E-state index contributed by atoms with van der Waals surface area (Å²) in [6.07, 6.45) is 4.25. The molecule has 0 atom stereocenters. The lowest BCUT2D eigenvalue weighted by molar-refractivity contribution is 0.941. The fourth-order valence-electron chi connectivity index (χ4n) is 1.93. The molecule has 0 amide bonds. The van der Waals surface area contributed by atoms with Crippen molar-refractivity contribution in [3.63, 3.8) is 0 Å². The lowest BCUT2D eigenvalue weighted by atomic mass is 10.4. The highest BCUT2D eigenvalue weighted by atomic mass is 32.1. The van der Waals surface area contributed by atoms with Gasteiger partial charge in [0.25, 0.3) is 0 Å². The number of rotatable bonds is 1. The van der Waals surface area contributed by atoms with E-state index in [0.717, 1.165) is 24.4 Å². The Kier molecular flexibility index (Phi) is 1.87. The Morgan fingerprint density at radius 3 is 2.93 bits per heavy atom. The van der Waals surface area contributed by atoms with E-state index in [-0.39, 0.29) is 0 Å². The van der Waals surface area contributed by atoms with Gasteiger partial charge < -0.3 is 4.90 Å². The Bertz CT molecular complexity index is 445. The van der Waals surface area contributed by atoms with Crippen LogP contribution in [0.3, 0.4) is 0 Å². The number of anilines is 1. The Hall–Kier alpha value is -1.16. The molecule has 0 N–H and O–H groups in total. The first-order valence-electron chi connectivity index (χ1n) is 4.88. The molecule has 0 radical (unpaired) electrons. The van der Waals surface area contributed by atoms with Crippen LogP contribution in [0, 0.1) is 0 Å². The van der Waals surface area contributed by atoms with Gasteiger partial charge in [0, 0.05) is 13.1 Å². The third kappa shape index (κ3) is 1.18. The second-order valence-corrected chi connectivity index (χ2v) is 4.44. The molecule has 3 heterocycles. The van der Waals surface area contributed by atoms with Gasteiger partial charge in [-0.15, -0.1) is 11.3 Å². The summed E-state index contributed by atoms with van der Waals surface area (Å²) >= 11 is 1.73. The second kappa shape index (κ2) is 3.20. The monoisotopic (exact) mass is 205 g/mol. The first kappa shape index (κ1) is 8.17. The molecule has 2 aromatic rings. The summed E-state index contributed by atoms with van der Waals surface area (Å²) < 4.78 is 1.23. The summed E-state index contributed by atoms with van der Waals surface area (Å²) in [5.41, 5.74) is 1.08. The lowest BCUT2D eigenvalue weighted by Gasteiger charge is -2.16. The van der Waals surface area contributed by atoms with Crippen LogP contribution in [0.2, 0.25) is 0 Å². The van der Waals surface area contributed by atoms with Crippen molar-refractivity contribution in [1.82, 2.24) is 9.97 Å². The van der Waals surface area contributed by atoms with E-state index in [1.165, 1.54) is 17.5 Å². The average molecular weight is 205 g/mol. The molecule has 1 fully saturated rings. The van der Waals surface area contributed by atoms with Gasteiger partial charge >= 0.3 is 0 Å². The Balaban J connectivity index is 2.14. The van der Waals surface area contributed by atoms with Crippen molar-refractivity contribution in [3.05, 3.63) is 17.8 Å². The van der Waals surface area contributed by atoms with Gasteiger partial charge in [-0.1, -0.05) is 0 Å². The second-order valence-electron chi connectivity index (χ2n) is 3.53. The molecule has 0 aromatic carbocycles. The summed E-state index contributed by atoms with van der Waals surface area (Å²) in [6, 6.07) is 2.06. The summed E-state index contributed by atoms with van der Waals surface area (Å²) in [4.78, 5) is 11.0. The van der Waals surface area contributed by atoms with E-state index in [4.69, 9.17) is 0 Å². The SMILES string of the molecule is c1nc(N2CCCC2)c2sccc2n1. The topological polar surface area (TPSA) is 29.0 Å². The Labute approximate surface area is 86.4 Å². The molecular weight excluding hydrogens is 194 g/mol. The van der Waals surface area contributed by atoms with Gasteiger partial charge in [-0.3, -0.25) is 0 Å². The fourth-order valence-corrected chi connectivity index (χ4v) is 2.79. The minimum absolute atomic E-state index is 1.08. The normalized spacial score (nSPS) is 16.7. The van der Waals surface area contributed by atoms with Gasteiger partial charge in [-0.2, -0.15) is 0 Å². The van der Waals surface area contributed by atoms with Crippen LogP contribution >= 0.6 is 11.3 Å². The van der Waals surface area contributed by atoms with Gasteiger partial charge in [-0.25, -0.2) is 9.97 Å². The molecule has 1 aliphatic rings. The molecule has 1 saturated heterocycles. The summed E-state index contributed by atoms with van der Waals surface area (Å²) in [7, 11) is 0. The largest absolute Gasteiger partial charge is 0.355 e. The van der Waals surface area contributed by atoms with Crippen LogP contribution in [0.4, 0.5) is 5.82 Å². The molecule has 0 unspecified atom stereocenters. The molecule has 4 heteroatoms. The number of nitrogens with zero attached hydrogens (tertiary/aromatic N) is 3. The van der Waals surface area contributed by atoms with Crippen molar-refractivity contribution in [1.29, 1.82) is 0 Å². The first-order valence-corrected chi connectivity index (χ1v) is 5.76. The van der Waals surface area contributed by atoms with Crippen LogP contribution in [0.1, 0.15) is 12.8 Å². The van der Waals surface area contributed by atoms with Crippen LogP contribution in [-0.4, -0.2) is 23.1 Å². The van der Waals surface area contributed by atoms with Crippen LogP contribution in [0.15, 0.2) is 17.8 Å². The van der Waals surface area contributed by atoms with Crippen LogP contribution in [-0.2, 0) is 0 Å². The number of hydrogen-bond donors (Lipinski definition) is 0. The molecular formula is C10H11N3S. The van der Waals surface area contributed by atoms with Crippen LogP contribution < -0.4 is 4.90 Å². The highest BCUT2D eigenvalue weighted by Gasteiger charge is 2.16. The molecule has 1 aliphatic heterocycles. The van der Waals surface area contributed by atoms with Crippen molar-refractivity contribution in [2.45, 2.75) is 12.8 Å². The number of fused-ring (bicyclic) bond motifs is 1. The van der Waals surface area contributed by atoms with Crippen molar-refractivity contribution in [3.8, 4) is 0 Å². The maximum Gasteiger partial charge on any atom is 0.150 e. The number of aromatic nitrogens is 2. The summed E-state index contributed by atoms with van der Waals surface area (Å²) in [6.45, 7) is 2.29.